The monoisotopic (exact) mass is 368 g/mol. The number of anilines is 2. The molecule has 0 radical (unpaired) electrons. The number of nitrogens with one attached hydrogen (secondary N) is 2. The van der Waals surface area contributed by atoms with E-state index in [4.69, 9.17) is 40.2 Å². The molecule has 2 rings (SSSR count). The van der Waals surface area contributed by atoms with Crippen LogP contribution >= 0.6 is 35.4 Å². The molecule has 7 heteroatoms. The number of hydrogen-bond acceptors (Lipinski definition) is 3. The summed E-state index contributed by atoms with van der Waals surface area (Å²) in [4.78, 5) is 11.8. The normalized spacial score (nSPS) is 10.0. The molecule has 0 bridgehead atoms. The van der Waals surface area contributed by atoms with E-state index in [1.54, 1.807) is 37.3 Å². The largest absolute Gasteiger partial charge is 0.462 e. The van der Waals surface area contributed by atoms with Gasteiger partial charge in [0.05, 0.1) is 17.2 Å². The number of thiocarbonyl (C=S) groups is 1. The zero-order chi connectivity index (χ0) is 16.8. The number of carbonyl (C=O) groups excluding carboxylic acids is 1. The summed E-state index contributed by atoms with van der Waals surface area (Å²) in [6, 6.07) is 12.1. The molecule has 0 aliphatic carbocycles. The minimum Gasteiger partial charge on any atom is -0.462 e. The lowest BCUT2D eigenvalue weighted by molar-refractivity contribution is 0.0526. The molecule has 120 valence electrons. The number of esters is 1. The zero-order valence-electron chi connectivity index (χ0n) is 12.2. The molecule has 4 nitrogen and oxygen atoms in total. The van der Waals surface area contributed by atoms with Crippen LogP contribution in [-0.2, 0) is 4.74 Å². The van der Waals surface area contributed by atoms with Gasteiger partial charge in [-0.1, -0.05) is 23.2 Å². The second-order valence-corrected chi connectivity index (χ2v) is 5.75. The van der Waals surface area contributed by atoms with Crippen molar-refractivity contribution < 1.29 is 9.53 Å². The number of benzene rings is 2. The highest BCUT2D eigenvalue weighted by Gasteiger charge is 2.12. The van der Waals surface area contributed by atoms with Crippen LogP contribution in [0.4, 0.5) is 11.4 Å². The summed E-state index contributed by atoms with van der Waals surface area (Å²) in [5, 5.41) is 7.36. The topological polar surface area (TPSA) is 50.4 Å². The lowest BCUT2D eigenvalue weighted by Crippen LogP contribution is -2.19. The van der Waals surface area contributed by atoms with Crippen molar-refractivity contribution in [3.8, 4) is 0 Å². The number of carbonyl (C=O) groups is 1. The summed E-state index contributed by atoms with van der Waals surface area (Å²) in [5.41, 5.74) is 1.71. The highest BCUT2D eigenvalue weighted by Crippen LogP contribution is 2.22. The summed E-state index contributed by atoms with van der Waals surface area (Å²) in [6.45, 7) is 2.02. The average molecular weight is 369 g/mol. The van der Waals surface area contributed by atoms with Gasteiger partial charge in [-0.25, -0.2) is 4.79 Å². The Morgan fingerprint density at radius 3 is 2.35 bits per heavy atom. The van der Waals surface area contributed by atoms with Gasteiger partial charge >= 0.3 is 5.97 Å². The molecular formula is C16H14Cl2N2O2S. The van der Waals surface area contributed by atoms with E-state index in [0.29, 0.717) is 20.8 Å². The predicted octanol–water partition coefficient (Wildman–Crippen LogP) is 4.98. The molecule has 0 fully saturated rings. The van der Waals surface area contributed by atoms with Gasteiger partial charge in [-0.2, -0.15) is 0 Å². The van der Waals surface area contributed by atoms with E-state index in [9.17, 15) is 4.79 Å². The quantitative estimate of drug-likeness (QED) is 0.588. The van der Waals surface area contributed by atoms with Crippen molar-refractivity contribution in [1.29, 1.82) is 0 Å². The Kier molecular flexibility index (Phi) is 6.21. The minimum absolute atomic E-state index is 0.281. The molecule has 0 aliphatic heterocycles. The first-order valence-corrected chi connectivity index (χ1v) is 7.96. The van der Waals surface area contributed by atoms with Gasteiger partial charge in [0, 0.05) is 16.4 Å². The first-order valence-electron chi connectivity index (χ1n) is 6.80. The first kappa shape index (κ1) is 17.5. The van der Waals surface area contributed by atoms with Crippen molar-refractivity contribution in [1.82, 2.24) is 0 Å². The predicted molar refractivity (Wildman–Crippen MR) is 98.7 cm³/mol. The molecule has 0 spiro atoms. The number of ether oxygens (including phenoxy) is 1. The van der Waals surface area contributed by atoms with Crippen molar-refractivity contribution in [2.24, 2.45) is 0 Å². The van der Waals surface area contributed by atoms with Crippen LogP contribution in [-0.4, -0.2) is 17.7 Å². The highest BCUT2D eigenvalue weighted by molar-refractivity contribution is 7.80. The van der Waals surface area contributed by atoms with Gasteiger partial charge in [-0.05, 0) is 61.6 Å². The molecule has 2 aromatic rings. The Labute approximate surface area is 149 Å². The Bertz CT molecular complexity index is 721. The number of halogens is 2. The van der Waals surface area contributed by atoms with Gasteiger partial charge in [0.2, 0.25) is 0 Å². The van der Waals surface area contributed by atoms with Crippen molar-refractivity contribution in [3.05, 3.63) is 58.1 Å². The van der Waals surface area contributed by atoms with Crippen molar-refractivity contribution in [3.63, 3.8) is 0 Å². The van der Waals surface area contributed by atoms with Gasteiger partial charge in [-0.15, -0.1) is 0 Å². The third-order valence-corrected chi connectivity index (χ3v) is 3.61. The Balaban J connectivity index is 2.07. The maximum absolute atomic E-state index is 11.8. The van der Waals surface area contributed by atoms with Crippen molar-refractivity contribution >= 4 is 57.9 Å². The molecule has 2 aromatic carbocycles. The summed E-state index contributed by atoms with van der Waals surface area (Å²) in [6.07, 6.45) is 0. The zero-order valence-corrected chi connectivity index (χ0v) is 14.6. The molecule has 23 heavy (non-hydrogen) atoms. The molecule has 0 unspecified atom stereocenters. The minimum atomic E-state index is -0.474. The summed E-state index contributed by atoms with van der Waals surface area (Å²) in [7, 11) is 0. The summed E-state index contributed by atoms with van der Waals surface area (Å²) >= 11 is 17.1. The van der Waals surface area contributed by atoms with Crippen molar-refractivity contribution in [2.75, 3.05) is 17.2 Å². The molecule has 0 heterocycles. The second-order valence-electron chi connectivity index (χ2n) is 4.50. The fourth-order valence-corrected chi connectivity index (χ4v) is 2.35. The number of rotatable bonds is 4. The van der Waals surface area contributed by atoms with Crippen LogP contribution in [0.3, 0.4) is 0 Å². The standard InChI is InChI=1S/C16H14Cl2N2O2S/c1-2-22-15(21)13-9-12(7-8-14(13)18)20-16(23)19-11-5-3-10(17)4-6-11/h3-9H,2H2,1H3,(H2,19,20,23). The molecule has 0 saturated carbocycles. The number of hydrogen-bond donors (Lipinski definition) is 2. The van der Waals surface area contributed by atoms with Crippen LogP contribution < -0.4 is 10.6 Å². The van der Waals surface area contributed by atoms with Crippen LogP contribution in [0.5, 0.6) is 0 Å². The average Bonchev–Trinajstić information content (AvgIpc) is 2.51. The third kappa shape index (κ3) is 5.10. The van der Waals surface area contributed by atoms with Gasteiger partial charge in [0.25, 0.3) is 0 Å². The summed E-state index contributed by atoms with van der Waals surface area (Å²) < 4.78 is 4.96. The van der Waals surface area contributed by atoms with Crippen LogP contribution in [0, 0.1) is 0 Å². The Morgan fingerprint density at radius 1 is 1.09 bits per heavy atom. The van der Waals surface area contributed by atoms with E-state index >= 15 is 0 Å². The van der Waals surface area contributed by atoms with Crippen LogP contribution in [0.1, 0.15) is 17.3 Å². The molecule has 0 saturated heterocycles. The molecule has 0 atom stereocenters. The second kappa shape index (κ2) is 8.15. The van der Waals surface area contributed by atoms with E-state index in [-0.39, 0.29) is 12.2 Å². The van der Waals surface area contributed by atoms with E-state index in [1.807, 2.05) is 12.1 Å². The van der Waals surface area contributed by atoms with Gasteiger partial charge < -0.3 is 15.4 Å². The van der Waals surface area contributed by atoms with Crippen LogP contribution in [0.2, 0.25) is 10.0 Å². The van der Waals surface area contributed by atoms with E-state index in [0.717, 1.165) is 5.69 Å². The van der Waals surface area contributed by atoms with Crippen LogP contribution in [0.15, 0.2) is 42.5 Å². The lowest BCUT2D eigenvalue weighted by atomic mass is 10.2. The molecular weight excluding hydrogens is 355 g/mol. The third-order valence-electron chi connectivity index (χ3n) is 2.82. The Hall–Kier alpha value is -1.82. The molecule has 0 aliphatic rings. The summed E-state index contributed by atoms with van der Waals surface area (Å²) in [5.74, 6) is -0.474. The first-order chi connectivity index (χ1) is 11.0. The van der Waals surface area contributed by atoms with Gasteiger partial charge in [0.1, 0.15) is 0 Å². The van der Waals surface area contributed by atoms with E-state index < -0.39 is 5.97 Å². The molecule has 2 N–H and O–H groups in total. The smallest absolute Gasteiger partial charge is 0.339 e. The fraction of sp³-hybridized carbons (Fsp3) is 0.125. The van der Waals surface area contributed by atoms with E-state index in [1.165, 1.54) is 0 Å². The van der Waals surface area contributed by atoms with Gasteiger partial charge in [0.15, 0.2) is 5.11 Å². The molecule has 0 aromatic heterocycles. The van der Waals surface area contributed by atoms with Gasteiger partial charge in [-0.3, -0.25) is 0 Å². The van der Waals surface area contributed by atoms with E-state index in [2.05, 4.69) is 10.6 Å². The lowest BCUT2D eigenvalue weighted by Gasteiger charge is -2.12. The Morgan fingerprint density at radius 2 is 1.70 bits per heavy atom. The fourth-order valence-electron chi connectivity index (χ4n) is 1.79. The SMILES string of the molecule is CCOC(=O)c1cc(NC(=S)Nc2ccc(Cl)cc2)ccc1Cl. The molecule has 0 amide bonds. The highest BCUT2D eigenvalue weighted by atomic mass is 35.5. The maximum Gasteiger partial charge on any atom is 0.339 e. The maximum atomic E-state index is 11.8. The van der Waals surface area contributed by atoms with Crippen molar-refractivity contribution in [2.45, 2.75) is 6.92 Å². The van der Waals surface area contributed by atoms with Crippen LogP contribution in [0.25, 0.3) is 0 Å².